The zero-order valence-electron chi connectivity index (χ0n) is 14.1. The summed E-state index contributed by atoms with van der Waals surface area (Å²) in [4.78, 5) is 28.6. The largest absolute Gasteiger partial charge is 0.350 e. The number of hydrogen-bond donors (Lipinski definition) is 1. The normalized spacial score (nSPS) is 10.9. The molecule has 5 nitrogen and oxygen atoms in total. The van der Waals surface area contributed by atoms with Crippen LogP contribution in [0, 0.1) is 6.92 Å². The van der Waals surface area contributed by atoms with E-state index in [-0.39, 0.29) is 24.5 Å². The van der Waals surface area contributed by atoms with E-state index in [1.807, 2.05) is 29.8 Å². The van der Waals surface area contributed by atoms with Crippen molar-refractivity contribution in [1.82, 2.24) is 14.7 Å². The number of carbonyl (C=O) groups excluding carboxylic acids is 2. The lowest BCUT2D eigenvalue weighted by Crippen LogP contribution is -2.23. The van der Waals surface area contributed by atoms with E-state index in [1.54, 1.807) is 24.3 Å². The standard InChI is InChI=1S/C19H17BrClN3O2/c1-12-8-14(20)10-24-11-16(23-19(12)24)9-22-18(26)7-6-17(25)13-2-4-15(21)5-3-13/h2-5,8,10-11H,6-7,9H2,1H3,(H,22,26). The molecule has 26 heavy (non-hydrogen) atoms. The summed E-state index contributed by atoms with van der Waals surface area (Å²) < 4.78 is 2.89. The van der Waals surface area contributed by atoms with Gasteiger partial charge in [0, 0.05) is 40.3 Å². The van der Waals surface area contributed by atoms with Gasteiger partial charge < -0.3 is 9.72 Å². The number of carbonyl (C=O) groups is 2. The maximum Gasteiger partial charge on any atom is 0.220 e. The summed E-state index contributed by atoms with van der Waals surface area (Å²) in [6.45, 7) is 2.31. The van der Waals surface area contributed by atoms with Gasteiger partial charge in [-0.25, -0.2) is 4.98 Å². The zero-order valence-corrected chi connectivity index (χ0v) is 16.5. The predicted octanol–water partition coefficient (Wildman–Crippen LogP) is 4.34. The average Bonchev–Trinajstić information content (AvgIpc) is 3.01. The molecule has 134 valence electrons. The van der Waals surface area contributed by atoms with Crippen LogP contribution in [0.25, 0.3) is 5.65 Å². The Morgan fingerprint density at radius 1 is 1.19 bits per heavy atom. The highest BCUT2D eigenvalue weighted by molar-refractivity contribution is 9.10. The third-order valence-corrected chi connectivity index (χ3v) is 4.65. The lowest BCUT2D eigenvalue weighted by atomic mass is 10.1. The molecule has 0 saturated carbocycles. The molecule has 0 saturated heterocycles. The molecule has 0 unspecified atom stereocenters. The van der Waals surface area contributed by atoms with E-state index in [1.165, 1.54) is 0 Å². The van der Waals surface area contributed by atoms with Crippen molar-refractivity contribution >= 4 is 44.9 Å². The van der Waals surface area contributed by atoms with Crippen molar-refractivity contribution in [2.24, 2.45) is 0 Å². The molecular formula is C19H17BrClN3O2. The van der Waals surface area contributed by atoms with Crippen LogP contribution >= 0.6 is 27.5 Å². The van der Waals surface area contributed by atoms with E-state index >= 15 is 0 Å². The van der Waals surface area contributed by atoms with Crippen LogP contribution in [-0.4, -0.2) is 21.1 Å². The average molecular weight is 435 g/mol. The third-order valence-electron chi connectivity index (χ3n) is 3.96. The Labute approximate surface area is 164 Å². The summed E-state index contributed by atoms with van der Waals surface area (Å²) in [6.07, 6.45) is 4.10. The van der Waals surface area contributed by atoms with Gasteiger partial charge in [-0.15, -0.1) is 0 Å². The fraction of sp³-hybridized carbons (Fsp3) is 0.211. The molecule has 3 aromatic rings. The summed E-state index contributed by atoms with van der Waals surface area (Å²) in [6, 6.07) is 8.66. The Bertz CT molecular complexity index is 967. The second-order valence-corrected chi connectivity index (χ2v) is 7.36. The minimum atomic E-state index is -0.178. The van der Waals surface area contributed by atoms with Crippen molar-refractivity contribution in [3.8, 4) is 0 Å². The van der Waals surface area contributed by atoms with Crippen LogP contribution in [0.5, 0.6) is 0 Å². The van der Waals surface area contributed by atoms with Gasteiger partial charge in [-0.3, -0.25) is 9.59 Å². The quantitative estimate of drug-likeness (QED) is 0.587. The van der Waals surface area contributed by atoms with Crippen LogP contribution in [-0.2, 0) is 11.3 Å². The molecule has 0 aliphatic carbocycles. The Kier molecular flexibility index (Phi) is 5.74. The van der Waals surface area contributed by atoms with Gasteiger partial charge in [0.2, 0.25) is 5.91 Å². The number of rotatable bonds is 6. The molecule has 1 N–H and O–H groups in total. The van der Waals surface area contributed by atoms with Crippen molar-refractivity contribution in [3.63, 3.8) is 0 Å². The molecule has 0 aliphatic heterocycles. The van der Waals surface area contributed by atoms with Gasteiger partial charge in [0.15, 0.2) is 5.78 Å². The van der Waals surface area contributed by atoms with E-state index in [9.17, 15) is 9.59 Å². The lowest BCUT2D eigenvalue weighted by molar-refractivity contribution is -0.121. The van der Waals surface area contributed by atoms with Crippen molar-refractivity contribution < 1.29 is 9.59 Å². The monoisotopic (exact) mass is 433 g/mol. The smallest absolute Gasteiger partial charge is 0.220 e. The number of halogens is 2. The van der Waals surface area contributed by atoms with Gasteiger partial charge in [-0.2, -0.15) is 0 Å². The van der Waals surface area contributed by atoms with Crippen molar-refractivity contribution in [2.45, 2.75) is 26.3 Å². The van der Waals surface area contributed by atoms with E-state index in [2.05, 4.69) is 26.2 Å². The number of Topliss-reactive ketones (excluding diaryl/α,β-unsaturated/α-hetero) is 1. The molecule has 0 fully saturated rings. The lowest BCUT2D eigenvalue weighted by Gasteiger charge is -2.03. The highest BCUT2D eigenvalue weighted by Crippen LogP contribution is 2.17. The van der Waals surface area contributed by atoms with Crippen LogP contribution in [0.1, 0.15) is 34.5 Å². The molecule has 1 amide bonds. The third kappa shape index (κ3) is 4.51. The maximum atomic E-state index is 12.1. The summed E-state index contributed by atoms with van der Waals surface area (Å²) in [5.41, 5.74) is 3.23. The zero-order chi connectivity index (χ0) is 18.7. The molecule has 0 spiro atoms. The molecular weight excluding hydrogens is 418 g/mol. The first-order chi connectivity index (χ1) is 12.4. The van der Waals surface area contributed by atoms with Gasteiger partial charge in [0.1, 0.15) is 5.65 Å². The number of amides is 1. The number of hydrogen-bond acceptors (Lipinski definition) is 3. The van der Waals surface area contributed by atoms with Crippen LogP contribution in [0.15, 0.2) is 47.2 Å². The van der Waals surface area contributed by atoms with Crippen molar-refractivity contribution in [2.75, 3.05) is 0 Å². The van der Waals surface area contributed by atoms with Crippen molar-refractivity contribution in [3.05, 3.63) is 69.0 Å². The highest BCUT2D eigenvalue weighted by atomic mass is 79.9. The Morgan fingerprint density at radius 2 is 1.92 bits per heavy atom. The van der Waals surface area contributed by atoms with Crippen molar-refractivity contribution in [1.29, 1.82) is 0 Å². The minimum absolute atomic E-state index is 0.0787. The number of fused-ring (bicyclic) bond motifs is 1. The van der Waals surface area contributed by atoms with Crippen LogP contribution in [0.3, 0.4) is 0 Å². The van der Waals surface area contributed by atoms with Gasteiger partial charge in [0.05, 0.1) is 12.2 Å². The minimum Gasteiger partial charge on any atom is -0.350 e. The van der Waals surface area contributed by atoms with E-state index in [4.69, 9.17) is 11.6 Å². The Balaban J connectivity index is 1.53. The van der Waals surface area contributed by atoms with Gasteiger partial charge >= 0.3 is 0 Å². The summed E-state index contributed by atoms with van der Waals surface area (Å²) in [5.74, 6) is -0.257. The molecule has 2 heterocycles. The highest BCUT2D eigenvalue weighted by Gasteiger charge is 2.11. The van der Waals surface area contributed by atoms with Crippen LogP contribution in [0.2, 0.25) is 5.02 Å². The molecule has 2 aromatic heterocycles. The molecule has 0 atom stereocenters. The molecule has 3 rings (SSSR count). The predicted molar refractivity (Wildman–Crippen MR) is 104 cm³/mol. The Hall–Kier alpha value is -2.18. The molecule has 1 aromatic carbocycles. The fourth-order valence-electron chi connectivity index (χ4n) is 2.65. The second kappa shape index (κ2) is 8.01. The molecule has 0 aliphatic rings. The number of pyridine rings is 1. The molecule has 0 bridgehead atoms. The molecule has 0 radical (unpaired) electrons. The topological polar surface area (TPSA) is 63.5 Å². The summed E-state index contributed by atoms with van der Waals surface area (Å²) in [5, 5.41) is 3.39. The number of aryl methyl sites for hydroxylation is 1. The number of benzene rings is 1. The number of ketones is 1. The van der Waals surface area contributed by atoms with Crippen LogP contribution < -0.4 is 5.32 Å². The van der Waals surface area contributed by atoms with Gasteiger partial charge in [0.25, 0.3) is 0 Å². The number of imidazole rings is 1. The first kappa shape index (κ1) is 18.6. The SMILES string of the molecule is Cc1cc(Br)cn2cc(CNC(=O)CCC(=O)c3ccc(Cl)cc3)nc12. The number of nitrogens with one attached hydrogen (secondary N) is 1. The summed E-state index contributed by atoms with van der Waals surface area (Å²) >= 11 is 9.26. The van der Waals surface area contributed by atoms with Gasteiger partial charge in [-0.1, -0.05) is 11.6 Å². The first-order valence-electron chi connectivity index (χ1n) is 8.11. The van der Waals surface area contributed by atoms with E-state index < -0.39 is 0 Å². The fourth-order valence-corrected chi connectivity index (χ4v) is 3.34. The van der Waals surface area contributed by atoms with E-state index in [0.29, 0.717) is 17.1 Å². The number of nitrogens with zero attached hydrogens (tertiary/aromatic N) is 2. The van der Waals surface area contributed by atoms with E-state index in [0.717, 1.165) is 21.4 Å². The summed E-state index contributed by atoms with van der Waals surface area (Å²) in [7, 11) is 0. The first-order valence-corrected chi connectivity index (χ1v) is 9.28. The number of aromatic nitrogens is 2. The van der Waals surface area contributed by atoms with Crippen LogP contribution in [0.4, 0.5) is 0 Å². The molecule has 7 heteroatoms. The Morgan fingerprint density at radius 3 is 2.65 bits per heavy atom. The van der Waals surface area contributed by atoms with Gasteiger partial charge in [-0.05, 0) is 58.7 Å². The second-order valence-electron chi connectivity index (χ2n) is 6.01. The maximum absolute atomic E-state index is 12.1.